The summed E-state index contributed by atoms with van der Waals surface area (Å²) in [7, 11) is 0.445. The van der Waals surface area contributed by atoms with Crippen LogP contribution in [0.15, 0.2) is 88.8 Å². The molecule has 3 aromatic carbocycles. The summed E-state index contributed by atoms with van der Waals surface area (Å²) < 4.78 is 41.2. The number of carbonyl (C=O) groups is 2. The molecule has 0 radical (unpaired) electrons. The van der Waals surface area contributed by atoms with Gasteiger partial charge in [0.15, 0.2) is 0 Å². The van der Waals surface area contributed by atoms with Crippen LogP contribution in [0.4, 0.5) is 4.79 Å². The SMILES string of the molecule is CN=C(NC(=O)OC(C)(C)C)N(C)C(Cc1ccc(OC)cc1)(Cc1ccc(OS(=O)(=O)c2ccccc2)cc1)C(=O)O. The average molecular weight is 612 g/mol. The van der Waals surface area contributed by atoms with Gasteiger partial charge < -0.3 is 23.7 Å². The minimum Gasteiger partial charge on any atom is -0.497 e. The molecule has 230 valence electrons. The number of carboxylic acids is 1. The summed E-state index contributed by atoms with van der Waals surface area (Å²) in [5.74, 6) is -0.509. The molecular weight excluding hydrogens is 574 g/mol. The van der Waals surface area contributed by atoms with Crippen molar-refractivity contribution in [1.29, 1.82) is 0 Å². The molecule has 43 heavy (non-hydrogen) atoms. The Kier molecular flexibility index (Phi) is 10.4. The van der Waals surface area contributed by atoms with E-state index in [2.05, 4.69) is 10.3 Å². The van der Waals surface area contributed by atoms with Crippen molar-refractivity contribution in [3.63, 3.8) is 0 Å². The number of ether oxygens (including phenoxy) is 2. The number of guanidine groups is 1. The Hall–Kier alpha value is -4.58. The number of likely N-dealkylation sites (N-methyl/N-ethyl adjacent to an activating group) is 1. The Morgan fingerprint density at radius 3 is 1.84 bits per heavy atom. The molecule has 12 heteroatoms. The lowest BCUT2D eigenvalue weighted by Gasteiger charge is -2.40. The van der Waals surface area contributed by atoms with Gasteiger partial charge in [0.05, 0.1) is 7.11 Å². The first-order valence-electron chi connectivity index (χ1n) is 13.3. The molecule has 0 bridgehead atoms. The number of carboxylic acid groups (broad SMARTS) is 1. The second-order valence-corrected chi connectivity index (χ2v) is 12.3. The maximum absolute atomic E-state index is 13.2. The monoisotopic (exact) mass is 611 g/mol. The number of methoxy groups -OCH3 is 1. The second kappa shape index (κ2) is 13.6. The van der Waals surface area contributed by atoms with E-state index in [0.717, 1.165) is 0 Å². The van der Waals surface area contributed by atoms with Crippen molar-refractivity contribution in [2.45, 2.75) is 49.6 Å². The van der Waals surface area contributed by atoms with E-state index in [0.29, 0.717) is 16.9 Å². The van der Waals surface area contributed by atoms with E-state index in [1.165, 1.54) is 50.4 Å². The molecule has 0 heterocycles. The van der Waals surface area contributed by atoms with Crippen LogP contribution in [0.2, 0.25) is 0 Å². The van der Waals surface area contributed by atoms with E-state index in [1.54, 1.807) is 75.4 Å². The van der Waals surface area contributed by atoms with Gasteiger partial charge in [-0.3, -0.25) is 10.3 Å². The molecule has 0 fully saturated rings. The van der Waals surface area contributed by atoms with Gasteiger partial charge in [0, 0.05) is 26.9 Å². The Labute approximate surface area is 252 Å². The number of aliphatic carboxylic acids is 1. The minimum atomic E-state index is -4.05. The topological polar surface area (TPSA) is 144 Å². The van der Waals surface area contributed by atoms with E-state index in [4.69, 9.17) is 13.7 Å². The number of hydrogen-bond acceptors (Lipinski definition) is 8. The summed E-state index contributed by atoms with van der Waals surface area (Å²) >= 11 is 0. The van der Waals surface area contributed by atoms with E-state index >= 15 is 0 Å². The lowest BCUT2D eigenvalue weighted by atomic mass is 9.83. The van der Waals surface area contributed by atoms with Crippen molar-refractivity contribution in [3.05, 3.63) is 90.0 Å². The maximum Gasteiger partial charge on any atom is 0.414 e. The van der Waals surface area contributed by atoms with Crippen molar-refractivity contribution >= 4 is 28.1 Å². The lowest BCUT2D eigenvalue weighted by molar-refractivity contribution is -0.148. The zero-order valence-corrected chi connectivity index (χ0v) is 25.8. The van der Waals surface area contributed by atoms with Gasteiger partial charge in [0.1, 0.15) is 27.5 Å². The number of rotatable bonds is 10. The first-order chi connectivity index (χ1) is 20.2. The van der Waals surface area contributed by atoms with Gasteiger partial charge in [-0.15, -0.1) is 0 Å². The summed E-state index contributed by atoms with van der Waals surface area (Å²) in [6, 6.07) is 20.8. The molecule has 0 spiro atoms. The largest absolute Gasteiger partial charge is 0.497 e. The molecule has 0 aliphatic carbocycles. The van der Waals surface area contributed by atoms with Crippen LogP contribution in [0.25, 0.3) is 0 Å². The lowest BCUT2D eigenvalue weighted by Crippen LogP contribution is -2.61. The minimum absolute atomic E-state index is 0.00829. The van der Waals surface area contributed by atoms with Gasteiger partial charge >= 0.3 is 22.2 Å². The second-order valence-electron chi connectivity index (χ2n) is 10.8. The number of aliphatic imine (C=N–C) groups is 1. The van der Waals surface area contributed by atoms with Crippen LogP contribution in [-0.2, 0) is 32.5 Å². The van der Waals surface area contributed by atoms with Crippen LogP contribution in [0.1, 0.15) is 31.9 Å². The van der Waals surface area contributed by atoms with Crippen molar-refractivity contribution in [2.75, 3.05) is 21.2 Å². The molecule has 0 saturated carbocycles. The first kappa shape index (κ1) is 32.9. The number of nitrogens with one attached hydrogen (secondary N) is 1. The van der Waals surface area contributed by atoms with Crippen molar-refractivity contribution in [2.24, 2.45) is 4.99 Å². The van der Waals surface area contributed by atoms with E-state index in [9.17, 15) is 23.1 Å². The Balaban J connectivity index is 1.97. The van der Waals surface area contributed by atoms with Crippen LogP contribution < -0.4 is 14.2 Å². The number of nitrogens with zero attached hydrogens (tertiary/aromatic N) is 2. The van der Waals surface area contributed by atoms with Crippen molar-refractivity contribution < 1.29 is 36.8 Å². The highest BCUT2D eigenvalue weighted by Gasteiger charge is 2.45. The predicted octanol–water partition coefficient (Wildman–Crippen LogP) is 4.51. The van der Waals surface area contributed by atoms with Gasteiger partial charge in [0.2, 0.25) is 5.96 Å². The number of benzene rings is 3. The zero-order chi connectivity index (χ0) is 31.8. The van der Waals surface area contributed by atoms with Gasteiger partial charge in [-0.1, -0.05) is 42.5 Å². The number of hydrogen-bond donors (Lipinski definition) is 2. The summed E-state index contributed by atoms with van der Waals surface area (Å²) in [5.41, 5.74) is -1.18. The fourth-order valence-electron chi connectivity index (χ4n) is 4.33. The third-order valence-electron chi connectivity index (χ3n) is 6.50. The first-order valence-corrected chi connectivity index (χ1v) is 14.8. The summed E-state index contributed by atoms with van der Waals surface area (Å²) in [4.78, 5) is 31.3. The highest BCUT2D eigenvalue weighted by atomic mass is 32.2. The van der Waals surface area contributed by atoms with Crippen LogP contribution >= 0.6 is 0 Å². The molecule has 1 unspecified atom stereocenters. The Morgan fingerprint density at radius 1 is 0.884 bits per heavy atom. The summed E-state index contributed by atoms with van der Waals surface area (Å²) in [6.45, 7) is 5.13. The Bertz CT molecular complexity index is 1530. The van der Waals surface area contributed by atoms with E-state index in [1.807, 2.05) is 0 Å². The quantitative estimate of drug-likeness (QED) is 0.192. The van der Waals surface area contributed by atoms with Crippen LogP contribution in [-0.4, -0.2) is 68.8 Å². The molecule has 2 N–H and O–H groups in total. The summed E-state index contributed by atoms with van der Waals surface area (Å²) in [5, 5.41) is 13.3. The fourth-order valence-corrected chi connectivity index (χ4v) is 5.28. The zero-order valence-electron chi connectivity index (χ0n) is 25.0. The number of alkyl carbamates (subject to hydrolysis) is 1. The number of amides is 1. The van der Waals surface area contributed by atoms with Crippen LogP contribution in [0.3, 0.4) is 0 Å². The third kappa shape index (κ3) is 8.71. The third-order valence-corrected chi connectivity index (χ3v) is 7.76. The van der Waals surface area contributed by atoms with Crippen molar-refractivity contribution in [1.82, 2.24) is 10.2 Å². The predicted molar refractivity (Wildman–Crippen MR) is 162 cm³/mol. The molecule has 3 aromatic rings. The van der Waals surface area contributed by atoms with Crippen LogP contribution in [0, 0.1) is 0 Å². The fraction of sp³-hybridized carbons (Fsp3) is 0.323. The van der Waals surface area contributed by atoms with Gasteiger partial charge in [-0.05, 0) is 68.3 Å². The normalized spacial score (nSPS) is 13.4. The molecule has 3 rings (SSSR count). The number of carbonyl (C=O) groups excluding carboxylic acids is 1. The molecular formula is C31H37N3O8S. The molecule has 1 amide bonds. The van der Waals surface area contributed by atoms with Gasteiger partial charge in [-0.2, -0.15) is 8.42 Å². The molecule has 0 aliphatic rings. The van der Waals surface area contributed by atoms with E-state index < -0.39 is 33.3 Å². The standard InChI is InChI=1S/C31H37N3O8S/c1-30(2,3)41-29(37)33-28(32-4)34(5)31(27(35)36,20-22-12-16-24(40-6)17-13-22)21-23-14-18-25(19-15-23)42-43(38,39)26-10-8-7-9-11-26/h7-19H,20-21H2,1-6H3,(H,35,36)(H,32,33,37). The van der Waals surface area contributed by atoms with Crippen molar-refractivity contribution in [3.8, 4) is 11.5 Å². The molecule has 1 atom stereocenters. The van der Waals surface area contributed by atoms with Crippen LogP contribution in [0.5, 0.6) is 11.5 Å². The Morgan fingerprint density at radius 2 is 1.40 bits per heavy atom. The molecule has 0 aromatic heterocycles. The highest BCUT2D eigenvalue weighted by molar-refractivity contribution is 7.87. The molecule has 11 nitrogen and oxygen atoms in total. The average Bonchev–Trinajstić information content (AvgIpc) is 2.96. The maximum atomic E-state index is 13.2. The molecule has 0 saturated heterocycles. The molecule has 0 aliphatic heterocycles. The summed E-state index contributed by atoms with van der Waals surface area (Å²) in [6.07, 6.45) is -0.825. The highest BCUT2D eigenvalue weighted by Crippen LogP contribution is 2.29. The van der Waals surface area contributed by atoms with E-state index in [-0.39, 0.29) is 29.4 Å². The van der Waals surface area contributed by atoms with Gasteiger partial charge in [-0.25, -0.2) is 9.59 Å². The van der Waals surface area contributed by atoms with Gasteiger partial charge in [0.25, 0.3) is 0 Å². The smallest absolute Gasteiger partial charge is 0.414 e.